The first-order valence-corrected chi connectivity index (χ1v) is 8.32. The normalized spacial score (nSPS) is 13.5. The van der Waals surface area contributed by atoms with Crippen LogP contribution in [-0.4, -0.2) is 32.0 Å². The lowest BCUT2D eigenvalue weighted by Crippen LogP contribution is -2.22. The van der Waals surface area contributed by atoms with Crippen molar-refractivity contribution in [1.82, 2.24) is 10.3 Å². The van der Waals surface area contributed by atoms with Crippen LogP contribution in [0.5, 0.6) is 0 Å². The molecule has 0 aliphatic rings. The summed E-state index contributed by atoms with van der Waals surface area (Å²) >= 11 is 0. The van der Waals surface area contributed by atoms with E-state index in [4.69, 9.17) is 0 Å². The number of hydrogen-bond acceptors (Lipinski definition) is 4. The number of rotatable bonds is 7. The van der Waals surface area contributed by atoms with E-state index < -0.39 is 9.84 Å². The molecular weight excluding hydrogens is 248 g/mol. The number of nitrogens with zero attached hydrogens (tertiary/aromatic N) is 1. The molecule has 0 bridgehead atoms. The highest BCUT2D eigenvalue weighted by Gasteiger charge is 2.13. The summed E-state index contributed by atoms with van der Waals surface area (Å²) in [5, 5.41) is 3.36. The van der Waals surface area contributed by atoms with Crippen LogP contribution >= 0.6 is 0 Å². The van der Waals surface area contributed by atoms with Gasteiger partial charge in [-0.2, -0.15) is 0 Å². The number of aryl methyl sites for hydroxylation is 1. The Balaban J connectivity index is 2.65. The van der Waals surface area contributed by atoms with Crippen molar-refractivity contribution in [3.05, 3.63) is 29.6 Å². The van der Waals surface area contributed by atoms with Crippen molar-refractivity contribution in [2.75, 3.05) is 18.6 Å². The van der Waals surface area contributed by atoms with Crippen molar-refractivity contribution in [3.8, 4) is 0 Å². The Bertz CT molecular complexity index is 472. The Hall–Kier alpha value is -0.940. The monoisotopic (exact) mass is 270 g/mol. The fourth-order valence-corrected chi connectivity index (χ4v) is 2.59. The van der Waals surface area contributed by atoms with E-state index in [1.807, 2.05) is 26.0 Å². The molecule has 18 heavy (non-hydrogen) atoms. The number of hydrogen-bond donors (Lipinski definition) is 1. The van der Waals surface area contributed by atoms with Gasteiger partial charge < -0.3 is 5.32 Å². The third-order valence-corrected chi connectivity index (χ3v) is 3.78. The molecule has 1 aromatic rings. The highest BCUT2D eigenvalue weighted by atomic mass is 32.2. The van der Waals surface area contributed by atoms with Crippen LogP contribution in [0.2, 0.25) is 0 Å². The van der Waals surface area contributed by atoms with Crippen LogP contribution in [-0.2, 0) is 9.84 Å². The minimum Gasteiger partial charge on any atom is -0.309 e. The second-order valence-corrected chi connectivity index (χ2v) is 6.90. The maximum atomic E-state index is 11.1. The lowest BCUT2D eigenvalue weighted by atomic mass is 10.1. The molecule has 0 aliphatic heterocycles. The fraction of sp³-hybridized carbons (Fsp3) is 0.615. The van der Waals surface area contributed by atoms with Gasteiger partial charge in [-0.05, 0) is 44.0 Å². The Labute approximate surface area is 110 Å². The topological polar surface area (TPSA) is 59.1 Å². The smallest absolute Gasteiger partial charge is 0.147 e. The van der Waals surface area contributed by atoms with Crippen LogP contribution < -0.4 is 5.32 Å². The van der Waals surface area contributed by atoms with E-state index in [-0.39, 0.29) is 11.8 Å². The van der Waals surface area contributed by atoms with E-state index in [2.05, 4.69) is 10.3 Å². The number of sulfone groups is 1. The van der Waals surface area contributed by atoms with Gasteiger partial charge >= 0.3 is 0 Å². The van der Waals surface area contributed by atoms with Gasteiger partial charge in [0.15, 0.2) is 0 Å². The summed E-state index contributed by atoms with van der Waals surface area (Å²) in [5.74, 6) is 0.237. The minimum absolute atomic E-state index is 0.136. The van der Waals surface area contributed by atoms with E-state index in [1.165, 1.54) is 11.8 Å². The molecule has 0 saturated heterocycles. The molecule has 102 valence electrons. The molecule has 0 radical (unpaired) electrons. The number of nitrogens with one attached hydrogen (secondary N) is 1. The van der Waals surface area contributed by atoms with E-state index in [0.717, 1.165) is 18.7 Å². The molecule has 0 aliphatic carbocycles. The molecular formula is C13H22N2O2S. The Kier molecular flexibility index (Phi) is 5.75. The van der Waals surface area contributed by atoms with Gasteiger partial charge in [0.2, 0.25) is 0 Å². The first-order chi connectivity index (χ1) is 8.42. The zero-order valence-electron chi connectivity index (χ0n) is 11.3. The highest BCUT2D eigenvalue weighted by molar-refractivity contribution is 7.90. The first kappa shape index (κ1) is 15.1. The van der Waals surface area contributed by atoms with E-state index in [0.29, 0.717) is 6.42 Å². The third-order valence-electron chi connectivity index (χ3n) is 2.75. The lowest BCUT2D eigenvalue weighted by Gasteiger charge is -2.17. The molecule has 4 nitrogen and oxygen atoms in total. The number of aromatic nitrogens is 1. The lowest BCUT2D eigenvalue weighted by molar-refractivity contribution is 0.496. The maximum absolute atomic E-state index is 11.1. The second kappa shape index (κ2) is 6.85. The van der Waals surface area contributed by atoms with Crippen LogP contribution in [0.1, 0.15) is 37.1 Å². The van der Waals surface area contributed by atoms with Crippen molar-refractivity contribution >= 4 is 9.84 Å². The van der Waals surface area contributed by atoms with E-state index >= 15 is 0 Å². The van der Waals surface area contributed by atoms with Crippen molar-refractivity contribution in [1.29, 1.82) is 0 Å². The Morgan fingerprint density at radius 3 is 2.72 bits per heavy atom. The van der Waals surface area contributed by atoms with Gasteiger partial charge in [-0.25, -0.2) is 8.42 Å². The van der Waals surface area contributed by atoms with Crippen LogP contribution in [0.4, 0.5) is 0 Å². The van der Waals surface area contributed by atoms with Gasteiger partial charge in [-0.3, -0.25) is 4.98 Å². The predicted molar refractivity (Wildman–Crippen MR) is 74.3 cm³/mol. The van der Waals surface area contributed by atoms with Crippen molar-refractivity contribution in [2.45, 2.75) is 32.7 Å². The summed E-state index contributed by atoms with van der Waals surface area (Å²) in [7, 11) is -2.87. The molecule has 1 rings (SSSR count). The van der Waals surface area contributed by atoms with Gasteiger partial charge in [-0.1, -0.05) is 6.92 Å². The summed E-state index contributed by atoms with van der Waals surface area (Å²) < 4.78 is 22.3. The van der Waals surface area contributed by atoms with Crippen LogP contribution in [0.25, 0.3) is 0 Å². The van der Waals surface area contributed by atoms with Crippen molar-refractivity contribution in [2.24, 2.45) is 0 Å². The quantitative estimate of drug-likeness (QED) is 0.821. The summed E-state index contributed by atoms with van der Waals surface area (Å²) in [6.07, 6.45) is 4.52. The van der Waals surface area contributed by atoms with Gasteiger partial charge in [0, 0.05) is 24.2 Å². The van der Waals surface area contributed by atoms with Crippen LogP contribution in [0.3, 0.4) is 0 Å². The average molecular weight is 270 g/mol. The molecule has 5 heteroatoms. The van der Waals surface area contributed by atoms with Crippen LogP contribution in [0, 0.1) is 6.92 Å². The Morgan fingerprint density at radius 2 is 2.17 bits per heavy atom. The molecule has 0 saturated carbocycles. The molecule has 0 spiro atoms. The fourth-order valence-electron chi connectivity index (χ4n) is 1.90. The largest absolute Gasteiger partial charge is 0.309 e. The summed E-state index contributed by atoms with van der Waals surface area (Å²) in [6, 6.07) is 4.15. The molecule has 0 fully saturated rings. The van der Waals surface area contributed by atoms with Gasteiger partial charge in [0.05, 0.1) is 5.69 Å². The highest BCUT2D eigenvalue weighted by Crippen LogP contribution is 2.17. The minimum atomic E-state index is -2.87. The molecule has 1 atom stereocenters. The molecule has 0 amide bonds. The van der Waals surface area contributed by atoms with Crippen molar-refractivity contribution in [3.63, 3.8) is 0 Å². The standard InChI is InChI=1S/C13H22N2O2S/c1-4-14-12(6-5-9-18(3,16)17)13-10-11(2)7-8-15-13/h7-8,10,12,14H,4-6,9H2,1-3H3. The summed E-state index contributed by atoms with van der Waals surface area (Å²) in [6.45, 7) is 4.92. The predicted octanol–water partition coefficient (Wildman–Crippen LogP) is 1.87. The van der Waals surface area contributed by atoms with Gasteiger partial charge in [0.1, 0.15) is 9.84 Å². The third kappa shape index (κ3) is 5.60. The number of pyridine rings is 1. The van der Waals surface area contributed by atoms with E-state index in [9.17, 15) is 8.42 Å². The maximum Gasteiger partial charge on any atom is 0.147 e. The zero-order valence-corrected chi connectivity index (χ0v) is 12.1. The average Bonchev–Trinajstić information content (AvgIpc) is 2.26. The molecule has 1 heterocycles. The van der Waals surface area contributed by atoms with E-state index in [1.54, 1.807) is 6.20 Å². The molecule has 1 aromatic heterocycles. The molecule has 1 N–H and O–H groups in total. The molecule has 0 aromatic carbocycles. The SMILES string of the molecule is CCNC(CCCS(C)(=O)=O)c1cc(C)ccn1. The zero-order chi connectivity index (χ0) is 13.6. The second-order valence-electron chi connectivity index (χ2n) is 4.64. The van der Waals surface area contributed by atoms with Crippen molar-refractivity contribution < 1.29 is 8.42 Å². The molecule has 1 unspecified atom stereocenters. The Morgan fingerprint density at radius 1 is 1.44 bits per heavy atom. The summed E-state index contributed by atoms with van der Waals surface area (Å²) in [5.41, 5.74) is 2.16. The summed E-state index contributed by atoms with van der Waals surface area (Å²) in [4.78, 5) is 4.36. The van der Waals surface area contributed by atoms with Gasteiger partial charge in [-0.15, -0.1) is 0 Å². The van der Waals surface area contributed by atoms with Crippen LogP contribution in [0.15, 0.2) is 18.3 Å². The first-order valence-electron chi connectivity index (χ1n) is 6.26. The van der Waals surface area contributed by atoms with Gasteiger partial charge in [0.25, 0.3) is 0 Å².